The van der Waals surface area contributed by atoms with Crippen LogP contribution in [0.15, 0.2) is 18.2 Å². The van der Waals surface area contributed by atoms with Gasteiger partial charge in [-0.2, -0.15) is 5.26 Å². The number of piperidine rings is 1. The molecule has 0 unspecified atom stereocenters. The van der Waals surface area contributed by atoms with Crippen LogP contribution in [0, 0.1) is 16.7 Å². The van der Waals surface area contributed by atoms with Gasteiger partial charge in [-0.05, 0) is 77.0 Å². The standard InChI is InChI=1S/C25H34N4O4/c1-17(2)33-24(32)27-19-4-9-22(18(14-19)15-26)28-12-3-10-25(16-28)11-13-29(23(25)31)20-5-7-21(30)8-6-20/h4,9,14,17,20-21,30H,3,5-8,10-13,16H2,1-2H3,(H,27,32)/t20?,21?,25-/m1/s1. The van der Waals surface area contributed by atoms with E-state index in [4.69, 9.17) is 4.74 Å². The van der Waals surface area contributed by atoms with E-state index < -0.39 is 11.5 Å². The molecule has 1 saturated carbocycles. The van der Waals surface area contributed by atoms with Crippen LogP contribution < -0.4 is 10.2 Å². The van der Waals surface area contributed by atoms with Gasteiger partial charge in [-0.25, -0.2) is 4.79 Å². The van der Waals surface area contributed by atoms with Crippen LogP contribution in [-0.2, 0) is 9.53 Å². The number of nitrogens with zero attached hydrogens (tertiary/aromatic N) is 3. The molecule has 1 aromatic rings. The highest BCUT2D eigenvalue weighted by atomic mass is 16.6. The molecule has 2 N–H and O–H groups in total. The first-order chi connectivity index (χ1) is 15.8. The van der Waals surface area contributed by atoms with E-state index in [2.05, 4.69) is 21.2 Å². The van der Waals surface area contributed by atoms with Crippen molar-refractivity contribution in [2.24, 2.45) is 5.41 Å². The molecular weight excluding hydrogens is 420 g/mol. The highest BCUT2D eigenvalue weighted by molar-refractivity contribution is 5.87. The summed E-state index contributed by atoms with van der Waals surface area (Å²) in [6, 6.07) is 7.77. The Balaban J connectivity index is 1.47. The largest absolute Gasteiger partial charge is 0.447 e. The topological polar surface area (TPSA) is 106 Å². The average molecular weight is 455 g/mol. The van der Waals surface area contributed by atoms with Crippen LogP contribution in [0.25, 0.3) is 0 Å². The predicted molar refractivity (Wildman–Crippen MR) is 125 cm³/mol. The van der Waals surface area contributed by atoms with Crippen molar-refractivity contribution in [1.82, 2.24) is 4.90 Å². The van der Waals surface area contributed by atoms with Gasteiger partial charge < -0.3 is 19.6 Å². The van der Waals surface area contributed by atoms with E-state index in [0.29, 0.717) is 17.8 Å². The summed E-state index contributed by atoms with van der Waals surface area (Å²) in [7, 11) is 0. The zero-order valence-corrected chi connectivity index (χ0v) is 19.5. The van der Waals surface area contributed by atoms with Gasteiger partial charge in [-0.15, -0.1) is 0 Å². The second-order valence-corrected chi connectivity index (χ2v) is 9.94. The van der Waals surface area contributed by atoms with Gasteiger partial charge >= 0.3 is 6.09 Å². The highest BCUT2D eigenvalue weighted by Crippen LogP contribution is 2.44. The van der Waals surface area contributed by atoms with E-state index in [0.717, 1.165) is 63.7 Å². The van der Waals surface area contributed by atoms with Gasteiger partial charge in [0.25, 0.3) is 0 Å². The lowest BCUT2D eigenvalue weighted by atomic mass is 9.78. The zero-order chi connectivity index (χ0) is 23.6. The zero-order valence-electron chi connectivity index (χ0n) is 19.5. The monoisotopic (exact) mass is 454 g/mol. The number of amides is 2. The maximum Gasteiger partial charge on any atom is 0.411 e. The van der Waals surface area contributed by atoms with Crippen LogP contribution in [-0.4, -0.2) is 59.9 Å². The van der Waals surface area contributed by atoms with Crippen molar-refractivity contribution in [2.75, 3.05) is 29.9 Å². The van der Waals surface area contributed by atoms with Crippen LogP contribution in [0.4, 0.5) is 16.2 Å². The molecule has 0 aromatic heterocycles. The van der Waals surface area contributed by atoms with Gasteiger partial charge in [0.15, 0.2) is 0 Å². The van der Waals surface area contributed by atoms with Crippen molar-refractivity contribution >= 4 is 23.4 Å². The molecule has 8 heteroatoms. The molecule has 1 spiro atoms. The summed E-state index contributed by atoms with van der Waals surface area (Å²) in [6.07, 6.45) is 4.88. The van der Waals surface area contributed by atoms with E-state index in [1.165, 1.54) is 0 Å². The maximum absolute atomic E-state index is 13.6. The fourth-order valence-electron chi connectivity index (χ4n) is 5.62. The molecule has 1 aromatic carbocycles. The predicted octanol–water partition coefficient (Wildman–Crippen LogP) is 3.64. The first-order valence-electron chi connectivity index (χ1n) is 12.1. The summed E-state index contributed by atoms with van der Waals surface area (Å²) < 4.78 is 5.12. The van der Waals surface area contributed by atoms with Crippen molar-refractivity contribution in [3.05, 3.63) is 23.8 Å². The van der Waals surface area contributed by atoms with Crippen molar-refractivity contribution in [2.45, 2.75) is 77.0 Å². The number of carbonyl (C=O) groups is 2. The Morgan fingerprint density at radius 3 is 2.70 bits per heavy atom. The molecule has 178 valence electrons. The first kappa shape index (κ1) is 23.4. The van der Waals surface area contributed by atoms with Crippen LogP contribution in [0.5, 0.6) is 0 Å². The van der Waals surface area contributed by atoms with E-state index in [-0.39, 0.29) is 24.2 Å². The molecule has 1 atom stereocenters. The minimum atomic E-state index is -0.551. The van der Waals surface area contributed by atoms with Gasteiger partial charge in [-0.1, -0.05) is 0 Å². The van der Waals surface area contributed by atoms with Crippen LogP contribution in [0.3, 0.4) is 0 Å². The third-order valence-electron chi connectivity index (χ3n) is 7.28. The number of hydrogen-bond donors (Lipinski definition) is 2. The number of anilines is 2. The fraction of sp³-hybridized carbons (Fsp3) is 0.640. The van der Waals surface area contributed by atoms with Crippen LogP contribution >= 0.6 is 0 Å². The van der Waals surface area contributed by atoms with Crippen molar-refractivity contribution in [3.63, 3.8) is 0 Å². The quantitative estimate of drug-likeness (QED) is 0.720. The van der Waals surface area contributed by atoms with Gasteiger partial charge in [0, 0.05) is 31.4 Å². The second-order valence-electron chi connectivity index (χ2n) is 9.94. The minimum absolute atomic E-state index is 0.229. The number of hydrogen-bond acceptors (Lipinski definition) is 6. The van der Waals surface area contributed by atoms with Gasteiger partial charge in [-0.3, -0.25) is 10.1 Å². The number of ether oxygens (including phenoxy) is 1. The summed E-state index contributed by atoms with van der Waals surface area (Å²) in [6.45, 7) is 5.73. The Bertz CT molecular complexity index is 935. The Morgan fingerprint density at radius 1 is 1.24 bits per heavy atom. The summed E-state index contributed by atoms with van der Waals surface area (Å²) in [4.78, 5) is 29.7. The number of benzene rings is 1. The van der Waals surface area contributed by atoms with E-state index in [9.17, 15) is 20.0 Å². The number of carbonyl (C=O) groups excluding carboxylic acids is 2. The first-order valence-corrected chi connectivity index (χ1v) is 12.1. The third kappa shape index (κ3) is 4.93. The summed E-state index contributed by atoms with van der Waals surface area (Å²) in [5, 5.41) is 22.3. The van der Waals surface area contributed by atoms with E-state index in [1.807, 2.05) is 6.07 Å². The molecule has 33 heavy (non-hydrogen) atoms. The summed E-state index contributed by atoms with van der Waals surface area (Å²) >= 11 is 0. The molecule has 0 bridgehead atoms. The molecule has 1 aliphatic carbocycles. The molecule has 2 heterocycles. The lowest BCUT2D eigenvalue weighted by Gasteiger charge is -2.41. The molecule has 3 aliphatic rings. The van der Waals surface area contributed by atoms with E-state index >= 15 is 0 Å². The molecule has 2 aliphatic heterocycles. The molecule has 0 radical (unpaired) electrons. The number of nitrogens with one attached hydrogen (secondary N) is 1. The average Bonchev–Trinajstić information content (AvgIpc) is 3.09. The van der Waals surface area contributed by atoms with Crippen molar-refractivity contribution < 1.29 is 19.4 Å². The lowest BCUT2D eigenvalue weighted by molar-refractivity contribution is -0.139. The third-order valence-corrected chi connectivity index (χ3v) is 7.28. The Labute approximate surface area is 195 Å². The Hall–Kier alpha value is -2.79. The van der Waals surface area contributed by atoms with Crippen molar-refractivity contribution in [1.29, 1.82) is 5.26 Å². The summed E-state index contributed by atoms with van der Waals surface area (Å²) in [5.41, 5.74) is 1.37. The summed E-state index contributed by atoms with van der Waals surface area (Å²) in [5.74, 6) is 0.238. The molecule has 2 saturated heterocycles. The number of rotatable bonds is 4. The van der Waals surface area contributed by atoms with Gasteiger partial charge in [0.2, 0.25) is 5.91 Å². The molecular formula is C25H34N4O4. The highest BCUT2D eigenvalue weighted by Gasteiger charge is 2.50. The lowest BCUT2D eigenvalue weighted by Crippen LogP contribution is -2.50. The molecule has 4 rings (SSSR count). The minimum Gasteiger partial charge on any atom is -0.447 e. The Kier molecular flexibility index (Phi) is 6.80. The number of aliphatic hydroxyl groups excluding tert-OH is 1. The second kappa shape index (κ2) is 9.60. The van der Waals surface area contributed by atoms with Crippen LogP contribution in [0.1, 0.15) is 64.4 Å². The maximum atomic E-state index is 13.6. The van der Waals surface area contributed by atoms with Gasteiger partial charge in [0.05, 0.1) is 28.9 Å². The number of nitriles is 1. The normalized spacial score (nSPS) is 27.7. The Morgan fingerprint density at radius 2 is 2.00 bits per heavy atom. The molecule has 2 amide bonds. The van der Waals surface area contributed by atoms with E-state index in [1.54, 1.807) is 26.0 Å². The van der Waals surface area contributed by atoms with Crippen molar-refractivity contribution in [3.8, 4) is 6.07 Å². The number of likely N-dealkylation sites (tertiary alicyclic amines) is 1. The molecule has 3 fully saturated rings. The molecule has 8 nitrogen and oxygen atoms in total. The SMILES string of the molecule is CC(C)OC(=O)Nc1ccc(N2CCC[C@@]3(CCN(C4CCC(O)CC4)C3=O)C2)c(C#N)c1. The van der Waals surface area contributed by atoms with Crippen LogP contribution in [0.2, 0.25) is 0 Å². The van der Waals surface area contributed by atoms with Gasteiger partial charge in [0.1, 0.15) is 6.07 Å². The number of aliphatic hydroxyl groups is 1. The smallest absolute Gasteiger partial charge is 0.411 e. The fourth-order valence-corrected chi connectivity index (χ4v) is 5.62.